The van der Waals surface area contributed by atoms with E-state index in [1.807, 2.05) is 54.6 Å². The van der Waals surface area contributed by atoms with Crippen molar-refractivity contribution in [2.24, 2.45) is 10.2 Å². The molecule has 0 aliphatic carbocycles. The molecule has 0 fully saturated rings. The maximum atomic E-state index is 13.9. The Labute approximate surface area is 218 Å². The second-order valence-corrected chi connectivity index (χ2v) is 10.3. The van der Waals surface area contributed by atoms with Crippen LogP contribution in [0.4, 0.5) is 22.7 Å². The summed E-state index contributed by atoms with van der Waals surface area (Å²) in [6.45, 7) is 1.44. The molecule has 0 aliphatic rings. The van der Waals surface area contributed by atoms with Gasteiger partial charge in [-0.2, -0.15) is 10.2 Å². The van der Waals surface area contributed by atoms with Crippen molar-refractivity contribution in [2.75, 3.05) is 4.31 Å². The number of hydrogen-bond acceptors (Lipinski definition) is 7. The Morgan fingerprint density at radius 3 is 2.24 bits per heavy atom. The lowest BCUT2D eigenvalue weighted by molar-refractivity contribution is -0.385. The third-order valence-corrected chi connectivity index (χ3v) is 7.64. The van der Waals surface area contributed by atoms with Crippen LogP contribution in [-0.2, 0) is 16.6 Å². The lowest BCUT2D eigenvalue weighted by atomic mass is 10.2. The molecule has 0 bridgehead atoms. The fourth-order valence-corrected chi connectivity index (χ4v) is 5.35. The molecular weight excluding hydrogens is 504 g/mol. The Balaban J connectivity index is 1.54. The van der Waals surface area contributed by atoms with Gasteiger partial charge in [-0.15, -0.1) is 0 Å². The molecule has 0 saturated carbocycles. The maximum absolute atomic E-state index is 13.9. The third-order valence-electron chi connectivity index (χ3n) is 5.87. The summed E-state index contributed by atoms with van der Waals surface area (Å²) in [5.74, 6) is 0.421. The summed E-state index contributed by atoms with van der Waals surface area (Å²) in [6, 6.07) is 27.0. The molecule has 0 unspecified atom stereocenters. The van der Waals surface area contributed by atoms with Crippen molar-refractivity contribution in [3.8, 4) is 0 Å². The Morgan fingerprint density at radius 1 is 0.895 bits per heavy atom. The zero-order valence-corrected chi connectivity index (χ0v) is 21.0. The molecule has 0 saturated heterocycles. The van der Waals surface area contributed by atoms with Gasteiger partial charge in [0.1, 0.15) is 5.82 Å². The highest BCUT2D eigenvalue weighted by Crippen LogP contribution is 2.31. The van der Waals surface area contributed by atoms with Gasteiger partial charge in [0, 0.05) is 11.6 Å². The SMILES string of the molecule is Cc1ccc(S(=O)(=O)N(Cc2nc3ccccc3[nH]2)c2ccc(N=Nc3ccccc3)cc2)cc1[N+](=O)[O-]. The van der Waals surface area contributed by atoms with Gasteiger partial charge >= 0.3 is 0 Å². The van der Waals surface area contributed by atoms with Crippen molar-refractivity contribution in [1.82, 2.24) is 9.97 Å². The predicted molar refractivity (Wildman–Crippen MR) is 144 cm³/mol. The van der Waals surface area contributed by atoms with E-state index in [1.54, 1.807) is 31.2 Å². The molecule has 11 heteroatoms. The molecule has 10 nitrogen and oxygen atoms in total. The minimum absolute atomic E-state index is 0.121. The largest absolute Gasteiger partial charge is 0.340 e. The molecule has 0 radical (unpaired) electrons. The Morgan fingerprint density at radius 2 is 1.55 bits per heavy atom. The molecule has 0 spiro atoms. The van der Waals surface area contributed by atoms with Crippen molar-refractivity contribution in [1.29, 1.82) is 0 Å². The summed E-state index contributed by atoms with van der Waals surface area (Å²) in [7, 11) is -4.22. The van der Waals surface area contributed by atoms with Gasteiger partial charge in [0.25, 0.3) is 15.7 Å². The lowest BCUT2D eigenvalue weighted by Crippen LogP contribution is -2.31. The number of aryl methyl sites for hydroxylation is 1. The minimum atomic E-state index is -4.22. The third kappa shape index (κ3) is 5.13. The number of hydrogen-bond donors (Lipinski definition) is 1. The van der Waals surface area contributed by atoms with Crippen LogP contribution in [0.15, 0.2) is 112 Å². The van der Waals surface area contributed by atoms with Crippen LogP contribution < -0.4 is 4.31 Å². The fraction of sp³-hybridized carbons (Fsp3) is 0.0741. The number of fused-ring (bicyclic) bond motifs is 1. The Kier molecular flexibility index (Phi) is 6.67. The summed E-state index contributed by atoms with van der Waals surface area (Å²) in [6.07, 6.45) is 0. The van der Waals surface area contributed by atoms with Crippen molar-refractivity contribution in [3.63, 3.8) is 0 Å². The van der Waals surface area contributed by atoms with Gasteiger partial charge in [-0.05, 0) is 61.5 Å². The van der Waals surface area contributed by atoms with E-state index in [-0.39, 0.29) is 17.1 Å². The average molecular weight is 527 g/mol. The monoisotopic (exact) mass is 526 g/mol. The molecule has 5 aromatic rings. The molecule has 0 amide bonds. The van der Waals surface area contributed by atoms with Crippen molar-refractivity contribution in [2.45, 2.75) is 18.4 Å². The van der Waals surface area contributed by atoms with Gasteiger partial charge in [-0.25, -0.2) is 13.4 Å². The number of para-hydroxylation sites is 2. The summed E-state index contributed by atoms with van der Waals surface area (Å²) < 4.78 is 28.9. The highest BCUT2D eigenvalue weighted by atomic mass is 32.2. The first-order chi connectivity index (χ1) is 18.3. The number of H-pyrrole nitrogens is 1. The Bertz CT molecular complexity index is 1720. The van der Waals surface area contributed by atoms with Crippen LogP contribution >= 0.6 is 0 Å². The number of aromatic amines is 1. The van der Waals surface area contributed by atoms with Crippen LogP contribution in [-0.4, -0.2) is 23.3 Å². The van der Waals surface area contributed by atoms with Crippen LogP contribution in [0.2, 0.25) is 0 Å². The first-order valence-corrected chi connectivity index (χ1v) is 13.0. The van der Waals surface area contributed by atoms with Crippen LogP contribution in [0, 0.1) is 17.0 Å². The van der Waals surface area contributed by atoms with E-state index in [2.05, 4.69) is 20.2 Å². The number of nitro benzene ring substituents is 1. The summed E-state index contributed by atoms with van der Waals surface area (Å²) in [5, 5.41) is 19.9. The maximum Gasteiger partial charge on any atom is 0.273 e. The second kappa shape index (κ2) is 10.2. The van der Waals surface area contributed by atoms with Crippen LogP contribution in [0.3, 0.4) is 0 Å². The Hall–Kier alpha value is -4.90. The van der Waals surface area contributed by atoms with Crippen LogP contribution in [0.5, 0.6) is 0 Å². The lowest BCUT2D eigenvalue weighted by Gasteiger charge is -2.24. The number of rotatable bonds is 8. The molecular formula is C27H22N6O4S. The predicted octanol–water partition coefficient (Wildman–Crippen LogP) is 6.59. The van der Waals surface area contributed by atoms with E-state index in [1.165, 1.54) is 12.1 Å². The number of imidazole rings is 1. The number of nitrogens with one attached hydrogen (secondary N) is 1. The molecule has 38 heavy (non-hydrogen) atoms. The summed E-state index contributed by atoms with van der Waals surface area (Å²) in [4.78, 5) is 18.4. The van der Waals surface area contributed by atoms with Gasteiger partial charge in [-0.1, -0.05) is 36.4 Å². The molecule has 0 atom stereocenters. The van der Waals surface area contributed by atoms with E-state index in [4.69, 9.17) is 0 Å². The molecule has 190 valence electrons. The highest BCUT2D eigenvalue weighted by Gasteiger charge is 2.28. The van der Waals surface area contributed by atoms with Gasteiger partial charge in [0.15, 0.2) is 0 Å². The molecule has 0 aliphatic heterocycles. The van der Waals surface area contributed by atoms with Gasteiger partial charge in [0.2, 0.25) is 0 Å². The molecule has 1 N–H and O–H groups in total. The molecule has 1 aromatic heterocycles. The van der Waals surface area contributed by atoms with E-state index >= 15 is 0 Å². The molecule has 4 aromatic carbocycles. The van der Waals surface area contributed by atoms with Crippen molar-refractivity contribution < 1.29 is 13.3 Å². The topological polar surface area (TPSA) is 134 Å². The van der Waals surface area contributed by atoms with Crippen molar-refractivity contribution in [3.05, 3.63) is 119 Å². The number of sulfonamides is 1. The smallest absolute Gasteiger partial charge is 0.273 e. The summed E-state index contributed by atoms with van der Waals surface area (Å²) >= 11 is 0. The van der Waals surface area contributed by atoms with Gasteiger partial charge < -0.3 is 4.98 Å². The van der Waals surface area contributed by atoms with Crippen LogP contribution in [0.1, 0.15) is 11.4 Å². The number of anilines is 1. The number of azo groups is 1. The van der Waals surface area contributed by atoms with E-state index in [0.29, 0.717) is 34.0 Å². The van der Waals surface area contributed by atoms with E-state index in [0.717, 1.165) is 15.9 Å². The zero-order valence-electron chi connectivity index (χ0n) is 20.2. The normalized spacial score (nSPS) is 11.7. The van der Waals surface area contributed by atoms with Crippen LogP contribution in [0.25, 0.3) is 11.0 Å². The fourth-order valence-electron chi connectivity index (χ4n) is 3.90. The number of nitrogens with zero attached hydrogens (tertiary/aromatic N) is 5. The molecule has 1 heterocycles. The number of nitro groups is 1. The minimum Gasteiger partial charge on any atom is -0.340 e. The quantitative estimate of drug-likeness (QED) is 0.138. The number of aromatic nitrogens is 2. The number of benzene rings is 4. The van der Waals surface area contributed by atoms with Gasteiger partial charge in [0.05, 0.1) is 44.5 Å². The van der Waals surface area contributed by atoms with E-state index in [9.17, 15) is 18.5 Å². The summed E-state index contributed by atoms with van der Waals surface area (Å²) in [5.41, 5.74) is 3.12. The van der Waals surface area contributed by atoms with Gasteiger partial charge in [-0.3, -0.25) is 14.4 Å². The second-order valence-electron chi connectivity index (χ2n) is 8.47. The average Bonchev–Trinajstić information content (AvgIpc) is 3.34. The molecule has 5 rings (SSSR count). The standard InChI is InChI=1S/C27H22N6O4S/c1-19-11-16-23(17-26(19)33(34)35)38(36,37)32(18-27-28-24-9-5-6-10-25(24)29-27)22-14-12-21(13-15-22)31-30-20-7-3-2-4-8-20/h2-17H,18H2,1H3,(H,28,29). The highest BCUT2D eigenvalue weighted by molar-refractivity contribution is 7.92. The first kappa shape index (κ1) is 24.8. The zero-order chi connectivity index (χ0) is 26.7. The first-order valence-electron chi connectivity index (χ1n) is 11.6. The van der Waals surface area contributed by atoms with E-state index < -0.39 is 14.9 Å². The van der Waals surface area contributed by atoms with Crippen molar-refractivity contribution >= 4 is 43.8 Å².